The number of ether oxygens (including phenoxy) is 1. The lowest BCUT2D eigenvalue weighted by molar-refractivity contribution is 0.159. The van der Waals surface area contributed by atoms with Crippen molar-refractivity contribution in [2.45, 2.75) is 6.42 Å². The van der Waals surface area contributed by atoms with Crippen LogP contribution in [0.5, 0.6) is 0 Å². The molecule has 0 aromatic carbocycles. The van der Waals surface area contributed by atoms with Gasteiger partial charge in [-0.25, -0.2) is 0 Å². The van der Waals surface area contributed by atoms with E-state index >= 15 is 0 Å². The molecule has 0 spiro atoms. The van der Waals surface area contributed by atoms with Crippen molar-refractivity contribution in [2.24, 2.45) is 5.92 Å². The molecule has 12 heavy (non-hydrogen) atoms. The van der Waals surface area contributed by atoms with Crippen LogP contribution in [0.4, 0.5) is 0 Å². The summed E-state index contributed by atoms with van der Waals surface area (Å²) >= 11 is 0. The molecular weight excluding hydrogens is 152 g/mol. The van der Waals surface area contributed by atoms with Crippen molar-refractivity contribution < 1.29 is 4.74 Å². The molecule has 3 nitrogen and oxygen atoms in total. The highest BCUT2D eigenvalue weighted by atomic mass is 16.5. The van der Waals surface area contributed by atoms with E-state index in [2.05, 4.69) is 10.2 Å². The Morgan fingerprint density at radius 2 is 2.42 bits per heavy atom. The van der Waals surface area contributed by atoms with Crippen molar-refractivity contribution in [3.8, 4) is 0 Å². The topological polar surface area (TPSA) is 24.5 Å². The van der Waals surface area contributed by atoms with Gasteiger partial charge in [-0.1, -0.05) is 0 Å². The minimum absolute atomic E-state index is 0.854. The summed E-state index contributed by atoms with van der Waals surface area (Å²) in [5, 5.41) is 3.23. The maximum absolute atomic E-state index is 5.04. The van der Waals surface area contributed by atoms with Crippen LogP contribution in [0.1, 0.15) is 6.42 Å². The number of hydrogen-bond donors (Lipinski definition) is 1. The van der Waals surface area contributed by atoms with Crippen LogP contribution in [-0.2, 0) is 4.74 Å². The van der Waals surface area contributed by atoms with Gasteiger partial charge in [-0.05, 0) is 32.5 Å². The number of methoxy groups -OCH3 is 1. The predicted molar refractivity (Wildman–Crippen MR) is 50.3 cm³/mol. The van der Waals surface area contributed by atoms with Crippen molar-refractivity contribution >= 4 is 0 Å². The van der Waals surface area contributed by atoms with E-state index in [0.717, 1.165) is 25.6 Å². The van der Waals surface area contributed by atoms with E-state index in [4.69, 9.17) is 4.74 Å². The monoisotopic (exact) mass is 172 g/mol. The summed E-state index contributed by atoms with van der Waals surface area (Å²) in [7, 11) is 3.79. The SMILES string of the molecule is CNC[C@H]1CCN(CCOC)C1. The molecule has 0 aliphatic carbocycles. The molecule has 0 bridgehead atoms. The Kier molecular flexibility index (Phi) is 4.58. The van der Waals surface area contributed by atoms with Crippen molar-refractivity contribution in [1.29, 1.82) is 0 Å². The first-order valence-corrected chi connectivity index (χ1v) is 4.72. The summed E-state index contributed by atoms with van der Waals surface area (Å²) in [6.45, 7) is 5.60. The van der Waals surface area contributed by atoms with Crippen LogP contribution in [0.2, 0.25) is 0 Å². The smallest absolute Gasteiger partial charge is 0.0589 e. The van der Waals surface area contributed by atoms with E-state index in [1.54, 1.807) is 7.11 Å². The summed E-state index contributed by atoms with van der Waals surface area (Å²) < 4.78 is 5.04. The molecule has 1 atom stereocenters. The number of hydrogen-bond acceptors (Lipinski definition) is 3. The fourth-order valence-electron chi connectivity index (χ4n) is 1.79. The van der Waals surface area contributed by atoms with Gasteiger partial charge in [-0.3, -0.25) is 0 Å². The van der Waals surface area contributed by atoms with Crippen LogP contribution >= 0.6 is 0 Å². The second-order valence-electron chi connectivity index (χ2n) is 3.51. The zero-order valence-corrected chi connectivity index (χ0v) is 8.18. The predicted octanol–water partition coefficient (Wildman–Crippen LogP) is 0.174. The van der Waals surface area contributed by atoms with Crippen molar-refractivity contribution in [3.63, 3.8) is 0 Å². The first-order valence-electron chi connectivity index (χ1n) is 4.72. The fourth-order valence-corrected chi connectivity index (χ4v) is 1.79. The van der Waals surface area contributed by atoms with Crippen LogP contribution in [0.3, 0.4) is 0 Å². The van der Waals surface area contributed by atoms with Gasteiger partial charge in [-0.15, -0.1) is 0 Å². The third-order valence-corrected chi connectivity index (χ3v) is 2.47. The molecule has 0 radical (unpaired) electrons. The quantitative estimate of drug-likeness (QED) is 0.640. The summed E-state index contributed by atoms with van der Waals surface area (Å²) in [6, 6.07) is 0. The first-order chi connectivity index (χ1) is 5.86. The highest BCUT2D eigenvalue weighted by Crippen LogP contribution is 2.14. The van der Waals surface area contributed by atoms with Crippen LogP contribution < -0.4 is 5.32 Å². The average Bonchev–Trinajstić information content (AvgIpc) is 2.50. The summed E-state index contributed by atoms with van der Waals surface area (Å²) in [4.78, 5) is 2.48. The molecule has 1 N–H and O–H groups in total. The molecule has 0 aromatic heterocycles. The van der Waals surface area contributed by atoms with E-state index in [0.29, 0.717) is 0 Å². The lowest BCUT2D eigenvalue weighted by Crippen LogP contribution is -2.27. The Balaban J connectivity index is 2.08. The number of nitrogens with one attached hydrogen (secondary N) is 1. The van der Waals surface area contributed by atoms with Gasteiger partial charge < -0.3 is 15.0 Å². The minimum atomic E-state index is 0.854. The number of likely N-dealkylation sites (tertiary alicyclic amines) is 1. The zero-order chi connectivity index (χ0) is 8.81. The van der Waals surface area contributed by atoms with E-state index < -0.39 is 0 Å². The number of nitrogens with zero attached hydrogens (tertiary/aromatic N) is 1. The standard InChI is InChI=1S/C9H20N2O/c1-10-7-9-3-4-11(8-9)5-6-12-2/h9-10H,3-8H2,1-2H3/t9-/m1/s1. The molecule has 1 aliphatic heterocycles. The normalized spacial score (nSPS) is 25.0. The van der Waals surface area contributed by atoms with Crippen molar-refractivity contribution in [3.05, 3.63) is 0 Å². The Morgan fingerprint density at radius 1 is 1.58 bits per heavy atom. The molecule has 0 unspecified atom stereocenters. The van der Waals surface area contributed by atoms with Gasteiger partial charge in [0.2, 0.25) is 0 Å². The molecule has 72 valence electrons. The third-order valence-electron chi connectivity index (χ3n) is 2.47. The minimum Gasteiger partial charge on any atom is -0.383 e. The van der Waals surface area contributed by atoms with Gasteiger partial charge in [0.15, 0.2) is 0 Å². The van der Waals surface area contributed by atoms with E-state index in [1.807, 2.05) is 7.05 Å². The summed E-state index contributed by atoms with van der Waals surface area (Å²) in [5.74, 6) is 0.854. The number of rotatable bonds is 5. The van der Waals surface area contributed by atoms with Crippen LogP contribution in [-0.4, -0.2) is 51.8 Å². The van der Waals surface area contributed by atoms with Gasteiger partial charge in [0.05, 0.1) is 6.61 Å². The maximum Gasteiger partial charge on any atom is 0.0589 e. The molecule has 1 saturated heterocycles. The Labute approximate surface area is 75.1 Å². The molecule has 1 aliphatic rings. The highest BCUT2D eigenvalue weighted by molar-refractivity contribution is 4.76. The van der Waals surface area contributed by atoms with E-state index in [9.17, 15) is 0 Å². The fraction of sp³-hybridized carbons (Fsp3) is 1.00. The maximum atomic E-state index is 5.04. The Hall–Kier alpha value is -0.120. The Morgan fingerprint density at radius 3 is 3.08 bits per heavy atom. The van der Waals surface area contributed by atoms with Gasteiger partial charge in [0.1, 0.15) is 0 Å². The van der Waals surface area contributed by atoms with Gasteiger partial charge >= 0.3 is 0 Å². The van der Waals surface area contributed by atoms with E-state index in [-0.39, 0.29) is 0 Å². The van der Waals surface area contributed by atoms with Gasteiger partial charge in [0.25, 0.3) is 0 Å². The third kappa shape index (κ3) is 3.09. The highest BCUT2D eigenvalue weighted by Gasteiger charge is 2.20. The van der Waals surface area contributed by atoms with Crippen LogP contribution in [0.25, 0.3) is 0 Å². The largest absolute Gasteiger partial charge is 0.383 e. The molecule has 1 fully saturated rings. The molecule has 0 aromatic rings. The summed E-state index contributed by atoms with van der Waals surface area (Å²) in [6.07, 6.45) is 1.34. The first kappa shape index (κ1) is 9.96. The van der Waals surface area contributed by atoms with Crippen molar-refractivity contribution in [1.82, 2.24) is 10.2 Å². The molecule has 0 saturated carbocycles. The van der Waals surface area contributed by atoms with Crippen molar-refractivity contribution in [2.75, 3.05) is 46.9 Å². The molecule has 1 heterocycles. The second-order valence-corrected chi connectivity index (χ2v) is 3.51. The van der Waals surface area contributed by atoms with E-state index in [1.165, 1.54) is 19.5 Å². The lowest BCUT2D eigenvalue weighted by atomic mass is 10.1. The van der Waals surface area contributed by atoms with Gasteiger partial charge in [-0.2, -0.15) is 0 Å². The summed E-state index contributed by atoms with van der Waals surface area (Å²) in [5.41, 5.74) is 0. The zero-order valence-electron chi connectivity index (χ0n) is 8.18. The Bertz CT molecular complexity index is 119. The second kappa shape index (κ2) is 5.51. The molecular formula is C9H20N2O. The van der Waals surface area contributed by atoms with Crippen LogP contribution in [0.15, 0.2) is 0 Å². The lowest BCUT2D eigenvalue weighted by Gasteiger charge is -2.14. The molecule has 3 heteroatoms. The van der Waals surface area contributed by atoms with Gasteiger partial charge in [0, 0.05) is 20.2 Å². The molecule has 1 rings (SSSR count). The van der Waals surface area contributed by atoms with Crippen LogP contribution in [0, 0.1) is 5.92 Å². The average molecular weight is 172 g/mol. The molecule has 0 amide bonds.